The van der Waals surface area contributed by atoms with Gasteiger partial charge in [-0.25, -0.2) is 0 Å². The van der Waals surface area contributed by atoms with Crippen molar-refractivity contribution < 1.29 is 4.74 Å². The van der Waals surface area contributed by atoms with E-state index in [4.69, 9.17) is 4.74 Å². The minimum atomic E-state index is -0.0646. The molecule has 0 aliphatic carbocycles. The Bertz CT molecular complexity index is 377. The molecule has 0 saturated heterocycles. The van der Waals surface area contributed by atoms with Gasteiger partial charge in [0, 0.05) is 16.6 Å². The highest BCUT2D eigenvalue weighted by molar-refractivity contribution is 5.38. The summed E-state index contributed by atoms with van der Waals surface area (Å²) in [5, 5.41) is 0. The average Bonchev–Trinajstić information content (AvgIpc) is 2.26. The van der Waals surface area contributed by atoms with Gasteiger partial charge in [-0.15, -0.1) is 0 Å². The Hall–Kier alpha value is -1.02. The molecule has 0 aromatic heterocycles. The molecule has 1 rings (SSSR count). The van der Waals surface area contributed by atoms with Crippen molar-refractivity contribution in [1.29, 1.82) is 0 Å². The van der Waals surface area contributed by atoms with Gasteiger partial charge < -0.3 is 4.74 Å². The van der Waals surface area contributed by atoms with E-state index in [9.17, 15) is 0 Å². The van der Waals surface area contributed by atoms with Gasteiger partial charge >= 0.3 is 0 Å². The van der Waals surface area contributed by atoms with Gasteiger partial charge in [0.05, 0.1) is 7.11 Å². The molecule has 0 amide bonds. The van der Waals surface area contributed by atoms with Crippen LogP contribution in [0.5, 0.6) is 5.75 Å². The van der Waals surface area contributed by atoms with Crippen molar-refractivity contribution in [2.75, 3.05) is 14.2 Å². The predicted molar refractivity (Wildman–Crippen MR) is 73.5 cm³/mol. The minimum Gasteiger partial charge on any atom is -0.496 e. The summed E-state index contributed by atoms with van der Waals surface area (Å²) < 4.78 is 5.47. The third-order valence-corrected chi connectivity index (χ3v) is 3.61. The second-order valence-corrected chi connectivity index (χ2v) is 5.99. The van der Waals surface area contributed by atoms with E-state index in [0.717, 1.165) is 5.75 Å². The Labute approximate surface area is 106 Å². The highest BCUT2D eigenvalue weighted by Crippen LogP contribution is 2.36. The number of methoxy groups -OCH3 is 1. The predicted octanol–water partition coefficient (Wildman–Crippen LogP) is 3.66. The Morgan fingerprint density at radius 1 is 1.00 bits per heavy atom. The van der Waals surface area contributed by atoms with Crippen LogP contribution >= 0.6 is 0 Å². The lowest BCUT2D eigenvalue weighted by molar-refractivity contribution is 0.0531. The average molecular weight is 235 g/mol. The van der Waals surface area contributed by atoms with Gasteiger partial charge in [0.1, 0.15) is 5.75 Å². The van der Waals surface area contributed by atoms with Crippen molar-refractivity contribution in [3.8, 4) is 5.75 Å². The first-order chi connectivity index (χ1) is 7.71. The first-order valence-corrected chi connectivity index (χ1v) is 6.08. The van der Waals surface area contributed by atoms with E-state index in [1.54, 1.807) is 7.11 Å². The third kappa shape index (κ3) is 2.81. The largest absolute Gasteiger partial charge is 0.496 e. The summed E-state index contributed by atoms with van der Waals surface area (Å²) in [4.78, 5) is 2.37. The molecule has 0 heterocycles. The van der Waals surface area contributed by atoms with E-state index < -0.39 is 0 Å². The lowest BCUT2D eigenvalue weighted by Crippen LogP contribution is -2.49. The normalized spacial score (nSPS) is 12.9. The van der Waals surface area contributed by atoms with Crippen LogP contribution in [-0.2, 0) is 5.54 Å². The fraction of sp³-hybridized carbons (Fsp3) is 0.600. The van der Waals surface area contributed by atoms with Crippen molar-refractivity contribution >= 4 is 0 Å². The van der Waals surface area contributed by atoms with E-state index in [2.05, 4.69) is 58.7 Å². The standard InChI is InChI=1S/C15H25NO/c1-14(2,3)16(6)15(4,5)12-10-8-9-11-13(12)17-7/h8-11H,1-7H3. The smallest absolute Gasteiger partial charge is 0.123 e. The Kier molecular flexibility index (Phi) is 3.88. The maximum absolute atomic E-state index is 5.47. The number of benzene rings is 1. The molecule has 0 aliphatic rings. The molecule has 1 aromatic rings. The molecule has 0 saturated carbocycles. The molecule has 17 heavy (non-hydrogen) atoms. The molecule has 0 bridgehead atoms. The van der Waals surface area contributed by atoms with Crippen LogP contribution in [0.2, 0.25) is 0 Å². The van der Waals surface area contributed by atoms with Crippen LogP contribution in [0.25, 0.3) is 0 Å². The fourth-order valence-corrected chi connectivity index (χ4v) is 2.17. The molecule has 2 heteroatoms. The minimum absolute atomic E-state index is 0.0646. The number of nitrogens with zero attached hydrogens (tertiary/aromatic N) is 1. The first kappa shape index (κ1) is 14.0. The molecular formula is C15H25NO. The Morgan fingerprint density at radius 3 is 2.00 bits per heavy atom. The summed E-state index contributed by atoms with van der Waals surface area (Å²) in [7, 11) is 3.89. The number of para-hydroxylation sites is 1. The van der Waals surface area contributed by atoms with Crippen molar-refractivity contribution in [3.63, 3.8) is 0 Å². The molecule has 0 N–H and O–H groups in total. The van der Waals surface area contributed by atoms with Crippen LogP contribution in [0.1, 0.15) is 40.2 Å². The van der Waals surface area contributed by atoms with E-state index in [1.807, 2.05) is 12.1 Å². The molecule has 0 radical (unpaired) electrons. The third-order valence-electron chi connectivity index (χ3n) is 3.61. The molecule has 1 aromatic carbocycles. The van der Waals surface area contributed by atoms with Gasteiger partial charge in [-0.3, -0.25) is 4.90 Å². The zero-order valence-corrected chi connectivity index (χ0v) is 12.2. The van der Waals surface area contributed by atoms with Gasteiger partial charge in [-0.05, 0) is 47.7 Å². The molecule has 96 valence electrons. The summed E-state index contributed by atoms with van der Waals surface area (Å²) in [6.45, 7) is 11.1. The van der Waals surface area contributed by atoms with Crippen molar-refractivity contribution in [3.05, 3.63) is 29.8 Å². The molecule has 0 aliphatic heterocycles. The van der Waals surface area contributed by atoms with E-state index >= 15 is 0 Å². The molecular weight excluding hydrogens is 210 g/mol. The van der Waals surface area contributed by atoms with Crippen LogP contribution in [0.3, 0.4) is 0 Å². The van der Waals surface area contributed by atoms with Gasteiger partial charge in [-0.1, -0.05) is 18.2 Å². The zero-order valence-electron chi connectivity index (χ0n) is 12.2. The number of ether oxygens (including phenoxy) is 1. The topological polar surface area (TPSA) is 12.5 Å². The van der Waals surface area contributed by atoms with Gasteiger partial charge in [-0.2, -0.15) is 0 Å². The monoisotopic (exact) mass is 235 g/mol. The number of rotatable bonds is 3. The molecule has 0 spiro atoms. The summed E-state index contributed by atoms with van der Waals surface area (Å²) in [6.07, 6.45) is 0. The SMILES string of the molecule is COc1ccccc1C(C)(C)N(C)C(C)(C)C. The number of hydrogen-bond donors (Lipinski definition) is 0. The quantitative estimate of drug-likeness (QED) is 0.792. The summed E-state index contributed by atoms with van der Waals surface area (Å²) >= 11 is 0. The lowest BCUT2D eigenvalue weighted by Gasteiger charge is -2.45. The van der Waals surface area contributed by atoms with Gasteiger partial charge in [0.2, 0.25) is 0 Å². The van der Waals surface area contributed by atoms with Crippen LogP contribution in [0, 0.1) is 0 Å². The van der Waals surface area contributed by atoms with Crippen molar-refractivity contribution in [2.24, 2.45) is 0 Å². The van der Waals surface area contributed by atoms with Crippen molar-refractivity contribution in [1.82, 2.24) is 4.90 Å². The van der Waals surface area contributed by atoms with Crippen LogP contribution in [0.4, 0.5) is 0 Å². The highest BCUT2D eigenvalue weighted by Gasteiger charge is 2.34. The van der Waals surface area contributed by atoms with Gasteiger partial charge in [0.25, 0.3) is 0 Å². The highest BCUT2D eigenvalue weighted by atomic mass is 16.5. The van der Waals surface area contributed by atoms with Crippen LogP contribution in [0.15, 0.2) is 24.3 Å². The fourth-order valence-electron chi connectivity index (χ4n) is 2.17. The summed E-state index contributed by atoms with van der Waals surface area (Å²) in [5.41, 5.74) is 1.27. The van der Waals surface area contributed by atoms with E-state index in [0.29, 0.717) is 0 Å². The lowest BCUT2D eigenvalue weighted by atomic mass is 9.88. The maximum Gasteiger partial charge on any atom is 0.123 e. The van der Waals surface area contributed by atoms with Crippen LogP contribution < -0.4 is 4.74 Å². The molecule has 2 nitrogen and oxygen atoms in total. The van der Waals surface area contributed by atoms with E-state index in [-0.39, 0.29) is 11.1 Å². The zero-order chi connectivity index (χ0) is 13.3. The Morgan fingerprint density at radius 2 is 1.53 bits per heavy atom. The van der Waals surface area contributed by atoms with Crippen LogP contribution in [-0.4, -0.2) is 24.6 Å². The second-order valence-electron chi connectivity index (χ2n) is 5.99. The second kappa shape index (κ2) is 4.69. The summed E-state index contributed by atoms with van der Waals surface area (Å²) in [5.74, 6) is 0.952. The summed E-state index contributed by atoms with van der Waals surface area (Å²) in [6, 6.07) is 8.24. The van der Waals surface area contributed by atoms with E-state index in [1.165, 1.54) is 5.56 Å². The maximum atomic E-state index is 5.47. The Balaban J connectivity index is 3.21. The first-order valence-electron chi connectivity index (χ1n) is 6.08. The molecule has 0 fully saturated rings. The number of hydrogen-bond acceptors (Lipinski definition) is 2. The molecule has 0 atom stereocenters. The molecule has 0 unspecified atom stereocenters. The van der Waals surface area contributed by atoms with Crippen molar-refractivity contribution in [2.45, 2.75) is 45.7 Å². The van der Waals surface area contributed by atoms with Gasteiger partial charge in [0.15, 0.2) is 0 Å².